The number of amides is 3. The smallest absolute Gasteiger partial charge is 0.267 e. The van der Waals surface area contributed by atoms with Gasteiger partial charge in [-0.1, -0.05) is 30.3 Å². The molecule has 3 saturated heterocycles. The summed E-state index contributed by atoms with van der Waals surface area (Å²) >= 11 is 0. The number of carbonyl (C=O) groups is 2. The van der Waals surface area contributed by atoms with Gasteiger partial charge < -0.3 is 0 Å². The Hall–Kier alpha value is -3.22. The summed E-state index contributed by atoms with van der Waals surface area (Å²) in [5.74, 6) is -0.483. The van der Waals surface area contributed by atoms with Gasteiger partial charge in [0.25, 0.3) is 5.91 Å². The van der Waals surface area contributed by atoms with Crippen LogP contribution in [0.1, 0.15) is 16.7 Å². The van der Waals surface area contributed by atoms with Gasteiger partial charge in [-0.05, 0) is 23.8 Å². The van der Waals surface area contributed by atoms with Crippen LogP contribution in [0.15, 0.2) is 48.5 Å². The molecule has 31 heavy (non-hydrogen) atoms. The molecule has 3 amide bonds. The van der Waals surface area contributed by atoms with Gasteiger partial charge in [0.15, 0.2) is 6.04 Å². The first-order valence-corrected chi connectivity index (χ1v) is 9.89. The van der Waals surface area contributed by atoms with Crippen molar-refractivity contribution in [2.24, 2.45) is 0 Å². The van der Waals surface area contributed by atoms with Gasteiger partial charge in [0.2, 0.25) is 0 Å². The van der Waals surface area contributed by atoms with E-state index in [9.17, 15) is 22.8 Å². The third-order valence-electron chi connectivity index (χ3n) is 6.60. The van der Waals surface area contributed by atoms with Crippen LogP contribution in [0.3, 0.4) is 0 Å². The van der Waals surface area contributed by atoms with Gasteiger partial charge in [0, 0.05) is 6.42 Å². The van der Waals surface area contributed by atoms with Gasteiger partial charge in [-0.15, -0.1) is 0 Å². The molecule has 4 unspecified atom stereocenters. The number of benzene rings is 2. The summed E-state index contributed by atoms with van der Waals surface area (Å²) in [5, 5.41) is 9.03. The van der Waals surface area contributed by atoms with Crippen molar-refractivity contribution in [1.82, 2.24) is 4.90 Å². The van der Waals surface area contributed by atoms with E-state index in [2.05, 4.69) is 4.90 Å². The van der Waals surface area contributed by atoms with Crippen molar-refractivity contribution >= 4 is 17.6 Å². The minimum atomic E-state index is -4.77. The highest BCUT2D eigenvalue weighted by Gasteiger charge is 2.71. The number of nitrogens with zero attached hydrogens (tertiary/aromatic N) is 4. The van der Waals surface area contributed by atoms with Gasteiger partial charge >= 0.3 is 12.2 Å². The minimum absolute atomic E-state index is 0.0743. The maximum atomic E-state index is 13.6. The minimum Gasteiger partial charge on any atom is -0.267 e. The van der Waals surface area contributed by atoms with Crippen LogP contribution in [0.4, 0.5) is 23.7 Å². The molecule has 0 aliphatic carbocycles. The Balaban J connectivity index is 1.54. The van der Waals surface area contributed by atoms with Crippen molar-refractivity contribution in [3.63, 3.8) is 0 Å². The van der Waals surface area contributed by atoms with Crippen molar-refractivity contribution in [3.05, 3.63) is 65.2 Å². The van der Waals surface area contributed by atoms with Crippen LogP contribution in [-0.2, 0) is 17.4 Å². The Labute approximate surface area is 176 Å². The average Bonchev–Trinajstić information content (AvgIpc) is 3.36. The van der Waals surface area contributed by atoms with Crippen molar-refractivity contribution in [2.75, 3.05) is 24.7 Å². The van der Waals surface area contributed by atoms with Crippen LogP contribution < -0.4 is 4.90 Å². The van der Waals surface area contributed by atoms with Gasteiger partial charge in [0.05, 0.1) is 36.0 Å². The van der Waals surface area contributed by atoms with Gasteiger partial charge in [-0.2, -0.15) is 23.3 Å². The second-order valence-corrected chi connectivity index (χ2v) is 8.26. The van der Waals surface area contributed by atoms with E-state index >= 15 is 0 Å². The molecule has 3 fully saturated rings. The van der Waals surface area contributed by atoms with Crippen molar-refractivity contribution in [3.8, 4) is 6.07 Å². The molecule has 6 nitrogen and oxygen atoms in total. The zero-order chi connectivity index (χ0) is 22.0. The topological polar surface area (TPSA) is 64.4 Å². The molecule has 3 aliphatic rings. The van der Waals surface area contributed by atoms with Crippen LogP contribution in [0.5, 0.6) is 0 Å². The van der Waals surface area contributed by atoms with Crippen molar-refractivity contribution in [1.29, 1.82) is 5.26 Å². The molecule has 0 radical (unpaired) electrons. The summed E-state index contributed by atoms with van der Waals surface area (Å²) in [7, 11) is 0. The quantitative estimate of drug-likeness (QED) is 0.558. The van der Waals surface area contributed by atoms with Crippen LogP contribution >= 0.6 is 0 Å². The van der Waals surface area contributed by atoms with E-state index in [0.29, 0.717) is 26.2 Å². The first-order valence-electron chi connectivity index (χ1n) is 9.89. The molecule has 3 heterocycles. The Morgan fingerprint density at radius 2 is 1.84 bits per heavy atom. The van der Waals surface area contributed by atoms with Gasteiger partial charge in [-0.25, -0.2) is 14.2 Å². The maximum absolute atomic E-state index is 13.6. The first-order chi connectivity index (χ1) is 14.8. The predicted octanol–water partition coefficient (Wildman–Crippen LogP) is 3.13. The lowest BCUT2D eigenvalue weighted by atomic mass is 10.0. The van der Waals surface area contributed by atoms with E-state index in [1.807, 2.05) is 30.3 Å². The van der Waals surface area contributed by atoms with E-state index in [1.165, 1.54) is 12.1 Å². The SMILES string of the molecule is N#Cc1ccc(N2C(=O)C3CN4CC(Cc5ccccc5)[N+]3(C4)C2=O)cc1C(F)(F)F. The number of halogens is 3. The fraction of sp³-hybridized carbons (Fsp3) is 0.318. The lowest BCUT2D eigenvalue weighted by Gasteiger charge is -2.34. The van der Waals surface area contributed by atoms with Crippen LogP contribution in [0.2, 0.25) is 0 Å². The standard InChI is InChI=1S/C22H18F3N4O2/c23-22(24,25)18-9-16(7-6-15(18)10-26)28-20(30)19-12-27-11-17(29(19,13-27)21(28)31)8-14-4-2-1-3-5-14/h1-7,9,17,19H,8,11-13H2/q+1. The van der Waals surface area contributed by atoms with Gasteiger partial charge in [0.1, 0.15) is 12.7 Å². The van der Waals surface area contributed by atoms with E-state index in [4.69, 9.17) is 5.26 Å². The number of fused-ring (bicyclic) bond motifs is 1. The molecule has 2 bridgehead atoms. The molecule has 5 rings (SSSR count). The van der Waals surface area contributed by atoms with Gasteiger partial charge in [-0.3, -0.25) is 4.79 Å². The zero-order valence-electron chi connectivity index (χ0n) is 16.3. The second kappa shape index (κ2) is 6.64. The number of hydrogen-bond donors (Lipinski definition) is 0. The molecular formula is C22H18F3N4O2+. The molecular weight excluding hydrogens is 409 g/mol. The number of anilines is 1. The summed E-state index contributed by atoms with van der Waals surface area (Å²) in [5.41, 5.74) is -0.787. The number of piperazine rings is 1. The number of urea groups is 1. The first kappa shape index (κ1) is 19.7. The molecule has 2 aromatic carbocycles. The van der Waals surface area contributed by atoms with E-state index in [0.717, 1.165) is 22.6 Å². The van der Waals surface area contributed by atoms with Crippen molar-refractivity contribution < 1.29 is 27.2 Å². The zero-order valence-corrected chi connectivity index (χ0v) is 16.3. The van der Waals surface area contributed by atoms with Crippen LogP contribution in [0, 0.1) is 11.3 Å². The number of hydrogen-bond acceptors (Lipinski definition) is 4. The average molecular weight is 427 g/mol. The lowest BCUT2D eigenvalue weighted by Crippen LogP contribution is -2.60. The molecule has 158 valence electrons. The summed E-state index contributed by atoms with van der Waals surface area (Å²) in [4.78, 5) is 29.8. The second-order valence-electron chi connectivity index (χ2n) is 8.26. The lowest BCUT2D eigenvalue weighted by molar-refractivity contribution is -0.862. The number of alkyl halides is 3. The van der Waals surface area contributed by atoms with E-state index in [1.54, 1.807) is 0 Å². The Kier molecular flexibility index (Phi) is 4.22. The number of nitriles is 1. The van der Waals surface area contributed by atoms with Crippen LogP contribution in [-0.4, -0.2) is 53.2 Å². The molecule has 3 aliphatic heterocycles. The molecule has 9 heteroatoms. The molecule has 2 aromatic rings. The molecule has 0 saturated carbocycles. The fourth-order valence-electron chi connectivity index (χ4n) is 5.23. The third-order valence-corrected chi connectivity index (χ3v) is 6.60. The third kappa shape index (κ3) is 2.79. The highest BCUT2D eigenvalue weighted by molar-refractivity contribution is 6.18. The number of carbonyl (C=O) groups excluding carboxylic acids is 2. The number of imide groups is 1. The molecule has 0 N–H and O–H groups in total. The Morgan fingerprint density at radius 1 is 1.10 bits per heavy atom. The van der Waals surface area contributed by atoms with Crippen LogP contribution in [0.25, 0.3) is 0 Å². The Bertz CT molecular complexity index is 1130. The normalized spacial score (nSPS) is 29.4. The summed E-state index contributed by atoms with van der Waals surface area (Å²) in [6.07, 6.45) is -4.17. The van der Waals surface area contributed by atoms with Crippen molar-refractivity contribution in [2.45, 2.75) is 24.7 Å². The molecule has 0 aromatic heterocycles. The highest BCUT2D eigenvalue weighted by Crippen LogP contribution is 2.45. The van der Waals surface area contributed by atoms with E-state index in [-0.39, 0.29) is 16.2 Å². The molecule has 4 atom stereocenters. The predicted molar refractivity (Wildman–Crippen MR) is 103 cm³/mol. The number of quaternary nitrogens is 1. The number of rotatable bonds is 3. The molecule has 1 spiro atoms. The summed E-state index contributed by atoms with van der Waals surface area (Å²) in [6, 6.07) is 12.9. The summed E-state index contributed by atoms with van der Waals surface area (Å²) < 4.78 is 40.2. The summed E-state index contributed by atoms with van der Waals surface area (Å²) in [6.45, 7) is 1.44. The fourth-order valence-corrected chi connectivity index (χ4v) is 5.23. The monoisotopic (exact) mass is 427 g/mol. The largest absolute Gasteiger partial charge is 0.432 e. The maximum Gasteiger partial charge on any atom is 0.432 e. The Morgan fingerprint density at radius 3 is 2.52 bits per heavy atom. The van der Waals surface area contributed by atoms with E-state index < -0.39 is 35.3 Å². The highest BCUT2D eigenvalue weighted by atomic mass is 19.4.